The Bertz CT molecular complexity index is 962. The number of nitrogens with one attached hydrogen (secondary N) is 2. The molecular formula is C19H25N3O5S. The summed E-state index contributed by atoms with van der Waals surface area (Å²) >= 11 is 0. The van der Waals surface area contributed by atoms with Crippen molar-refractivity contribution in [1.82, 2.24) is 9.88 Å². The van der Waals surface area contributed by atoms with Crippen LogP contribution in [0.2, 0.25) is 0 Å². The molecule has 1 aliphatic carbocycles. The molecule has 0 bridgehead atoms. The molecule has 1 fully saturated rings. The van der Waals surface area contributed by atoms with Gasteiger partial charge >= 0.3 is 0 Å². The Morgan fingerprint density at radius 2 is 1.96 bits per heavy atom. The first-order valence-electron chi connectivity index (χ1n) is 9.26. The normalized spacial score (nSPS) is 15.4. The molecule has 28 heavy (non-hydrogen) atoms. The molecule has 1 aliphatic rings. The summed E-state index contributed by atoms with van der Waals surface area (Å²) in [6, 6.07) is 4.76. The number of rotatable bonds is 6. The van der Waals surface area contributed by atoms with Gasteiger partial charge < -0.3 is 9.26 Å². The van der Waals surface area contributed by atoms with E-state index in [1.54, 1.807) is 19.1 Å². The molecule has 0 unspecified atom stereocenters. The summed E-state index contributed by atoms with van der Waals surface area (Å²) < 4.78 is 39.4. The van der Waals surface area contributed by atoms with Gasteiger partial charge in [-0.1, -0.05) is 30.5 Å². The fourth-order valence-electron chi connectivity index (χ4n) is 3.50. The van der Waals surface area contributed by atoms with Crippen molar-refractivity contribution in [2.24, 2.45) is 0 Å². The zero-order valence-electron chi connectivity index (χ0n) is 16.2. The highest BCUT2D eigenvalue weighted by Crippen LogP contribution is 2.36. The SMILES string of the molecule is COc1ccc(-c2c(C)noc2NC(C)=O)cc1S(=O)(=O)NC1CCCCC1. The Labute approximate surface area is 164 Å². The number of carbonyl (C=O) groups is 1. The number of amides is 1. The number of nitrogens with zero attached hydrogens (tertiary/aromatic N) is 1. The van der Waals surface area contributed by atoms with Crippen molar-refractivity contribution in [1.29, 1.82) is 0 Å². The molecule has 0 atom stereocenters. The summed E-state index contributed by atoms with van der Waals surface area (Å²) in [6.45, 7) is 3.09. The predicted molar refractivity (Wildman–Crippen MR) is 105 cm³/mol. The minimum atomic E-state index is -3.78. The molecule has 1 heterocycles. The van der Waals surface area contributed by atoms with E-state index in [4.69, 9.17) is 9.26 Å². The van der Waals surface area contributed by atoms with Gasteiger partial charge in [-0.3, -0.25) is 10.1 Å². The number of aryl methyl sites for hydroxylation is 1. The maximum atomic E-state index is 13.0. The van der Waals surface area contributed by atoms with E-state index in [0.29, 0.717) is 16.8 Å². The quantitative estimate of drug-likeness (QED) is 0.761. The molecule has 0 saturated heterocycles. The van der Waals surface area contributed by atoms with Crippen molar-refractivity contribution < 1.29 is 22.5 Å². The lowest BCUT2D eigenvalue weighted by Gasteiger charge is -2.23. The number of carbonyl (C=O) groups excluding carboxylic acids is 1. The number of sulfonamides is 1. The second-order valence-electron chi connectivity index (χ2n) is 6.98. The summed E-state index contributed by atoms with van der Waals surface area (Å²) in [4.78, 5) is 11.5. The van der Waals surface area contributed by atoms with Crippen LogP contribution in [-0.4, -0.2) is 32.6 Å². The molecule has 2 aromatic rings. The van der Waals surface area contributed by atoms with Gasteiger partial charge in [-0.05, 0) is 37.5 Å². The fraction of sp³-hybridized carbons (Fsp3) is 0.474. The lowest BCUT2D eigenvalue weighted by molar-refractivity contribution is -0.114. The molecule has 2 N–H and O–H groups in total. The van der Waals surface area contributed by atoms with Crippen LogP contribution in [0.25, 0.3) is 11.1 Å². The topological polar surface area (TPSA) is 111 Å². The van der Waals surface area contributed by atoms with Crippen LogP contribution in [0, 0.1) is 6.92 Å². The largest absolute Gasteiger partial charge is 0.495 e. The van der Waals surface area contributed by atoms with E-state index in [2.05, 4.69) is 15.2 Å². The molecular weight excluding hydrogens is 382 g/mol. The molecule has 1 aromatic heterocycles. The van der Waals surface area contributed by atoms with E-state index in [9.17, 15) is 13.2 Å². The van der Waals surface area contributed by atoms with Crippen molar-refractivity contribution in [3.63, 3.8) is 0 Å². The lowest BCUT2D eigenvalue weighted by atomic mass is 9.96. The van der Waals surface area contributed by atoms with Gasteiger partial charge in [0.2, 0.25) is 21.8 Å². The number of ether oxygens (including phenoxy) is 1. The average molecular weight is 407 g/mol. The third-order valence-corrected chi connectivity index (χ3v) is 6.36. The van der Waals surface area contributed by atoms with E-state index >= 15 is 0 Å². The molecule has 3 rings (SSSR count). The van der Waals surface area contributed by atoms with Crippen molar-refractivity contribution in [2.75, 3.05) is 12.4 Å². The Morgan fingerprint density at radius 3 is 2.61 bits per heavy atom. The molecule has 152 valence electrons. The van der Waals surface area contributed by atoms with E-state index < -0.39 is 10.0 Å². The molecule has 1 amide bonds. The van der Waals surface area contributed by atoms with E-state index in [1.807, 2.05) is 0 Å². The summed E-state index contributed by atoms with van der Waals surface area (Å²) in [7, 11) is -2.35. The predicted octanol–water partition coefficient (Wildman–Crippen LogP) is 3.23. The van der Waals surface area contributed by atoms with E-state index in [1.165, 1.54) is 20.1 Å². The second-order valence-corrected chi connectivity index (χ2v) is 8.66. The summed E-state index contributed by atoms with van der Waals surface area (Å²) in [6.07, 6.45) is 4.84. The first-order chi connectivity index (χ1) is 13.3. The molecule has 1 aromatic carbocycles. The lowest BCUT2D eigenvalue weighted by Crippen LogP contribution is -2.36. The number of benzene rings is 1. The number of anilines is 1. The minimum Gasteiger partial charge on any atom is -0.495 e. The van der Waals surface area contributed by atoms with Gasteiger partial charge in [-0.15, -0.1) is 0 Å². The molecule has 9 heteroatoms. The highest BCUT2D eigenvalue weighted by Gasteiger charge is 2.26. The Balaban J connectivity index is 2.01. The molecule has 1 saturated carbocycles. The van der Waals surface area contributed by atoms with Gasteiger partial charge in [0, 0.05) is 13.0 Å². The fourth-order valence-corrected chi connectivity index (χ4v) is 5.00. The van der Waals surface area contributed by atoms with Crippen molar-refractivity contribution in [3.8, 4) is 16.9 Å². The first-order valence-corrected chi connectivity index (χ1v) is 10.7. The highest BCUT2D eigenvalue weighted by atomic mass is 32.2. The van der Waals surface area contributed by atoms with E-state index in [0.717, 1.165) is 32.1 Å². The van der Waals surface area contributed by atoms with Gasteiger partial charge in [-0.2, -0.15) is 0 Å². The van der Waals surface area contributed by atoms with Crippen LogP contribution < -0.4 is 14.8 Å². The van der Waals surface area contributed by atoms with Crippen molar-refractivity contribution in [2.45, 2.75) is 56.9 Å². The molecule has 0 aliphatic heterocycles. The Kier molecular flexibility index (Phi) is 6.04. The van der Waals surface area contributed by atoms with Crippen LogP contribution in [0.1, 0.15) is 44.7 Å². The Morgan fingerprint density at radius 1 is 1.25 bits per heavy atom. The Hall–Kier alpha value is -2.39. The minimum absolute atomic E-state index is 0.0486. The summed E-state index contributed by atoms with van der Waals surface area (Å²) in [5.74, 6) is 0.124. The first kappa shape index (κ1) is 20.3. The maximum Gasteiger partial charge on any atom is 0.244 e. The van der Waals surface area contributed by atoms with Crippen LogP contribution in [0.5, 0.6) is 5.75 Å². The number of aromatic nitrogens is 1. The van der Waals surface area contributed by atoms with E-state index in [-0.39, 0.29) is 28.5 Å². The molecule has 0 radical (unpaired) electrons. The monoisotopic (exact) mass is 407 g/mol. The van der Waals surface area contributed by atoms with Gasteiger partial charge in [0.15, 0.2) is 0 Å². The van der Waals surface area contributed by atoms with Gasteiger partial charge in [0.05, 0.1) is 18.4 Å². The smallest absolute Gasteiger partial charge is 0.244 e. The number of hydrogen-bond donors (Lipinski definition) is 2. The molecule has 8 nitrogen and oxygen atoms in total. The average Bonchev–Trinajstić information content (AvgIpc) is 3.01. The van der Waals surface area contributed by atoms with Crippen LogP contribution in [0.4, 0.5) is 5.88 Å². The third-order valence-electron chi connectivity index (χ3n) is 4.82. The second kappa shape index (κ2) is 8.32. The number of methoxy groups -OCH3 is 1. The zero-order chi connectivity index (χ0) is 20.3. The van der Waals surface area contributed by atoms with Crippen LogP contribution in [0.3, 0.4) is 0 Å². The summed E-state index contributed by atoms with van der Waals surface area (Å²) in [5.41, 5.74) is 1.64. The standard InChI is InChI=1S/C19H25N3O5S/c1-12-18(19(27-21-12)20-13(2)23)14-9-10-16(26-3)17(11-14)28(24,25)22-15-7-5-4-6-8-15/h9-11,15,22H,4-8H2,1-3H3,(H,20,23). The van der Waals surface area contributed by atoms with Crippen LogP contribution >= 0.6 is 0 Å². The summed E-state index contributed by atoms with van der Waals surface area (Å²) in [5, 5.41) is 6.47. The molecule has 0 spiro atoms. The van der Waals surface area contributed by atoms with Crippen LogP contribution in [0.15, 0.2) is 27.6 Å². The van der Waals surface area contributed by atoms with Gasteiger partial charge in [0.1, 0.15) is 10.6 Å². The van der Waals surface area contributed by atoms with Crippen molar-refractivity contribution >= 4 is 21.8 Å². The number of hydrogen-bond acceptors (Lipinski definition) is 6. The highest BCUT2D eigenvalue weighted by molar-refractivity contribution is 7.89. The van der Waals surface area contributed by atoms with Crippen LogP contribution in [-0.2, 0) is 14.8 Å². The maximum absolute atomic E-state index is 13.0. The zero-order valence-corrected chi connectivity index (χ0v) is 17.1. The van der Waals surface area contributed by atoms with Crippen molar-refractivity contribution in [3.05, 3.63) is 23.9 Å². The van der Waals surface area contributed by atoms with Gasteiger partial charge in [-0.25, -0.2) is 13.1 Å². The third kappa shape index (κ3) is 4.36. The van der Waals surface area contributed by atoms with Gasteiger partial charge in [0.25, 0.3) is 0 Å².